The molecule has 112 valence electrons. The smallest absolute Gasteiger partial charge is 0.274 e. The van der Waals surface area contributed by atoms with Crippen LogP contribution in [-0.2, 0) is 6.54 Å². The number of rotatable bonds is 1. The largest absolute Gasteiger partial charge is 0.350 e. The maximum Gasteiger partial charge on any atom is 0.274 e. The van der Waals surface area contributed by atoms with Crippen LogP contribution in [0, 0.1) is 0 Å². The Labute approximate surface area is 133 Å². The van der Waals surface area contributed by atoms with Crippen molar-refractivity contribution in [2.75, 3.05) is 25.0 Å². The Bertz CT molecular complexity index is 807. The molecule has 0 spiro atoms. The molecular formula is C17H17N3OS. The Morgan fingerprint density at radius 2 is 2.09 bits per heavy atom. The quantitative estimate of drug-likeness (QED) is 0.749. The first-order valence-electron chi connectivity index (χ1n) is 7.37. The average Bonchev–Trinajstić information content (AvgIpc) is 3.05. The second kappa shape index (κ2) is 5.26. The zero-order chi connectivity index (χ0) is 15.1. The third kappa shape index (κ3) is 2.23. The normalized spacial score (nSPS) is 15.8. The molecule has 2 aromatic heterocycles. The van der Waals surface area contributed by atoms with Gasteiger partial charge >= 0.3 is 0 Å². The fraction of sp³-hybridized carbons (Fsp3) is 0.235. The summed E-state index contributed by atoms with van der Waals surface area (Å²) in [6.45, 7) is 2.45. The van der Waals surface area contributed by atoms with Crippen molar-refractivity contribution >= 4 is 33.1 Å². The van der Waals surface area contributed by atoms with Crippen LogP contribution >= 0.6 is 11.3 Å². The number of amides is 1. The third-order valence-electron chi connectivity index (χ3n) is 4.14. The van der Waals surface area contributed by atoms with Gasteiger partial charge in [-0.15, -0.1) is 11.3 Å². The molecule has 0 saturated carbocycles. The second-order valence-electron chi connectivity index (χ2n) is 5.70. The van der Waals surface area contributed by atoms with Gasteiger partial charge in [0, 0.05) is 25.3 Å². The number of aromatic amines is 1. The molecule has 1 aliphatic rings. The lowest BCUT2D eigenvalue weighted by Gasteiger charge is -2.22. The highest BCUT2D eigenvalue weighted by atomic mass is 32.1. The van der Waals surface area contributed by atoms with Crippen molar-refractivity contribution in [3.8, 4) is 0 Å². The predicted octanol–water partition coefficient (Wildman–Crippen LogP) is 3.32. The highest BCUT2D eigenvalue weighted by Crippen LogP contribution is 2.27. The van der Waals surface area contributed by atoms with E-state index in [4.69, 9.17) is 0 Å². The van der Waals surface area contributed by atoms with Crippen LogP contribution in [-0.4, -0.2) is 35.9 Å². The number of fused-ring (bicyclic) bond motifs is 2. The SMILES string of the molecule is CN1CCN(C(=O)c2cc3sccc3[nH]2)c2ccccc2C1. The standard InChI is InChI=1S/C17H17N3OS/c1-19-7-8-20(15-5-3-2-4-12(15)11-19)17(21)14-10-16-13(18-14)6-9-22-16/h2-6,9-10,18H,7-8,11H2,1H3. The number of nitrogens with zero attached hydrogens (tertiary/aromatic N) is 2. The maximum absolute atomic E-state index is 13.0. The molecule has 5 heteroatoms. The van der Waals surface area contributed by atoms with Crippen molar-refractivity contribution in [2.45, 2.75) is 6.54 Å². The monoisotopic (exact) mass is 311 g/mol. The lowest BCUT2D eigenvalue weighted by atomic mass is 10.1. The molecule has 0 unspecified atom stereocenters. The van der Waals surface area contributed by atoms with Crippen LogP contribution in [0.3, 0.4) is 0 Å². The summed E-state index contributed by atoms with van der Waals surface area (Å²) in [5, 5.41) is 2.03. The number of carbonyl (C=O) groups is 1. The number of hydrogen-bond acceptors (Lipinski definition) is 3. The van der Waals surface area contributed by atoms with Gasteiger partial charge in [-0.1, -0.05) is 18.2 Å². The maximum atomic E-state index is 13.0. The van der Waals surface area contributed by atoms with Gasteiger partial charge in [0.05, 0.1) is 10.2 Å². The molecule has 3 aromatic rings. The van der Waals surface area contributed by atoms with Gasteiger partial charge in [-0.3, -0.25) is 4.79 Å². The first-order chi connectivity index (χ1) is 10.7. The lowest BCUT2D eigenvalue weighted by molar-refractivity contribution is 0.0982. The number of benzene rings is 1. The van der Waals surface area contributed by atoms with Gasteiger partial charge in [0.2, 0.25) is 0 Å². The van der Waals surface area contributed by atoms with Gasteiger partial charge in [0.15, 0.2) is 0 Å². The van der Waals surface area contributed by atoms with E-state index in [2.05, 4.69) is 23.0 Å². The van der Waals surface area contributed by atoms with Crippen molar-refractivity contribution in [1.82, 2.24) is 9.88 Å². The van der Waals surface area contributed by atoms with Crippen LogP contribution < -0.4 is 4.90 Å². The fourth-order valence-corrected chi connectivity index (χ4v) is 3.77. The predicted molar refractivity (Wildman–Crippen MR) is 90.6 cm³/mol. The Morgan fingerprint density at radius 1 is 1.23 bits per heavy atom. The number of nitrogens with one attached hydrogen (secondary N) is 1. The molecule has 0 radical (unpaired) electrons. The molecule has 1 aromatic carbocycles. The molecule has 4 nitrogen and oxygen atoms in total. The van der Waals surface area contributed by atoms with E-state index in [0.717, 1.165) is 29.0 Å². The van der Waals surface area contributed by atoms with Crippen molar-refractivity contribution in [2.24, 2.45) is 0 Å². The molecule has 22 heavy (non-hydrogen) atoms. The molecule has 0 atom stereocenters. The summed E-state index contributed by atoms with van der Waals surface area (Å²) in [6.07, 6.45) is 0. The van der Waals surface area contributed by atoms with E-state index in [0.29, 0.717) is 12.2 Å². The topological polar surface area (TPSA) is 39.3 Å². The van der Waals surface area contributed by atoms with Crippen LogP contribution in [0.15, 0.2) is 41.8 Å². The molecule has 1 N–H and O–H groups in total. The van der Waals surface area contributed by atoms with Gasteiger partial charge < -0.3 is 14.8 Å². The summed E-state index contributed by atoms with van der Waals surface area (Å²) in [5.41, 5.74) is 3.92. The van der Waals surface area contributed by atoms with Crippen LogP contribution in [0.1, 0.15) is 16.1 Å². The van der Waals surface area contributed by atoms with Crippen molar-refractivity contribution in [3.63, 3.8) is 0 Å². The number of para-hydroxylation sites is 1. The van der Waals surface area contributed by atoms with E-state index < -0.39 is 0 Å². The minimum Gasteiger partial charge on any atom is -0.350 e. The minimum absolute atomic E-state index is 0.0474. The van der Waals surface area contributed by atoms with E-state index in [1.807, 2.05) is 40.6 Å². The second-order valence-corrected chi connectivity index (χ2v) is 6.65. The number of aromatic nitrogens is 1. The number of likely N-dealkylation sites (N-methyl/N-ethyl adjacent to an activating group) is 1. The Morgan fingerprint density at radius 3 is 2.95 bits per heavy atom. The van der Waals surface area contributed by atoms with Crippen molar-refractivity contribution in [1.29, 1.82) is 0 Å². The summed E-state index contributed by atoms with van der Waals surface area (Å²) in [5.74, 6) is 0.0474. The van der Waals surface area contributed by atoms with Gasteiger partial charge in [-0.2, -0.15) is 0 Å². The molecule has 0 aliphatic carbocycles. The lowest BCUT2D eigenvalue weighted by Crippen LogP contribution is -2.35. The molecule has 0 saturated heterocycles. The first kappa shape index (κ1) is 13.5. The summed E-state index contributed by atoms with van der Waals surface area (Å²) >= 11 is 1.65. The van der Waals surface area contributed by atoms with Crippen LogP contribution in [0.25, 0.3) is 10.2 Å². The number of thiophene rings is 1. The highest BCUT2D eigenvalue weighted by molar-refractivity contribution is 7.17. The van der Waals surface area contributed by atoms with E-state index in [1.54, 1.807) is 11.3 Å². The van der Waals surface area contributed by atoms with Gasteiger partial charge in [-0.05, 0) is 36.2 Å². The molecule has 0 bridgehead atoms. The Hall–Kier alpha value is -2.11. The van der Waals surface area contributed by atoms with Crippen LogP contribution in [0.2, 0.25) is 0 Å². The third-order valence-corrected chi connectivity index (χ3v) is 5.01. The zero-order valence-corrected chi connectivity index (χ0v) is 13.2. The van der Waals surface area contributed by atoms with E-state index in [1.165, 1.54) is 5.56 Å². The summed E-state index contributed by atoms with van der Waals surface area (Å²) in [7, 11) is 2.09. The summed E-state index contributed by atoms with van der Waals surface area (Å²) < 4.78 is 1.13. The molecule has 4 rings (SSSR count). The number of H-pyrrole nitrogens is 1. The van der Waals surface area contributed by atoms with Gasteiger partial charge in [-0.25, -0.2) is 0 Å². The molecule has 3 heterocycles. The average molecular weight is 311 g/mol. The number of anilines is 1. The minimum atomic E-state index is 0.0474. The van der Waals surface area contributed by atoms with Crippen molar-refractivity contribution < 1.29 is 4.79 Å². The first-order valence-corrected chi connectivity index (χ1v) is 8.25. The zero-order valence-electron chi connectivity index (χ0n) is 12.4. The van der Waals surface area contributed by atoms with Gasteiger partial charge in [0.25, 0.3) is 5.91 Å². The highest BCUT2D eigenvalue weighted by Gasteiger charge is 2.24. The van der Waals surface area contributed by atoms with E-state index in [-0.39, 0.29) is 5.91 Å². The van der Waals surface area contributed by atoms with Crippen LogP contribution in [0.4, 0.5) is 5.69 Å². The number of carbonyl (C=O) groups excluding carboxylic acids is 1. The Balaban J connectivity index is 1.74. The Kier molecular flexibility index (Phi) is 3.24. The van der Waals surface area contributed by atoms with Crippen LogP contribution in [0.5, 0.6) is 0 Å². The molecule has 1 aliphatic heterocycles. The molecule has 1 amide bonds. The molecule has 0 fully saturated rings. The summed E-state index contributed by atoms with van der Waals surface area (Å²) in [6, 6.07) is 12.1. The summed E-state index contributed by atoms with van der Waals surface area (Å²) in [4.78, 5) is 20.4. The number of hydrogen-bond donors (Lipinski definition) is 1. The van der Waals surface area contributed by atoms with Gasteiger partial charge in [0.1, 0.15) is 5.69 Å². The van der Waals surface area contributed by atoms with E-state index >= 15 is 0 Å². The molecular weight excluding hydrogens is 294 g/mol. The van der Waals surface area contributed by atoms with E-state index in [9.17, 15) is 4.79 Å². The fourth-order valence-electron chi connectivity index (χ4n) is 2.99. The van der Waals surface area contributed by atoms with Crippen molar-refractivity contribution in [3.05, 3.63) is 53.0 Å².